The van der Waals surface area contributed by atoms with Crippen molar-refractivity contribution in [2.45, 2.75) is 11.9 Å². The molecule has 7 heteroatoms. The van der Waals surface area contributed by atoms with E-state index < -0.39 is 21.6 Å². The molecule has 3 nitrogen and oxygen atoms in total. The first kappa shape index (κ1) is 13.0. The van der Waals surface area contributed by atoms with Crippen LogP contribution in [0.3, 0.4) is 0 Å². The summed E-state index contributed by atoms with van der Waals surface area (Å²) >= 11 is 0. The molecule has 1 aromatic heterocycles. The standard InChI is InChI=1S/C9H11F3N2OS/c1-13-16(2,15)6-7-3-4-8(14-5-7)9(10,11)12/h3-5H,6H2,1-2H3. The Balaban J connectivity index is 2.93. The van der Waals surface area contributed by atoms with Gasteiger partial charge < -0.3 is 0 Å². The quantitative estimate of drug-likeness (QED) is 0.810. The predicted molar refractivity (Wildman–Crippen MR) is 55.4 cm³/mol. The van der Waals surface area contributed by atoms with Crippen LogP contribution in [0.4, 0.5) is 13.2 Å². The highest BCUT2D eigenvalue weighted by molar-refractivity contribution is 7.92. The third-order valence-corrected chi connectivity index (χ3v) is 3.58. The number of hydrogen-bond donors (Lipinski definition) is 0. The van der Waals surface area contributed by atoms with Gasteiger partial charge in [-0.2, -0.15) is 13.2 Å². The lowest BCUT2D eigenvalue weighted by Gasteiger charge is -2.07. The molecule has 16 heavy (non-hydrogen) atoms. The van der Waals surface area contributed by atoms with Crippen molar-refractivity contribution in [1.29, 1.82) is 0 Å². The highest BCUT2D eigenvalue weighted by Gasteiger charge is 2.32. The van der Waals surface area contributed by atoms with Crippen molar-refractivity contribution in [2.24, 2.45) is 4.36 Å². The minimum Gasteiger partial charge on any atom is -0.251 e. The van der Waals surface area contributed by atoms with Crippen molar-refractivity contribution in [1.82, 2.24) is 4.98 Å². The summed E-state index contributed by atoms with van der Waals surface area (Å²) in [4.78, 5) is 3.28. The summed E-state index contributed by atoms with van der Waals surface area (Å²) in [5.74, 6) is 0.106. The lowest BCUT2D eigenvalue weighted by Crippen LogP contribution is -2.08. The van der Waals surface area contributed by atoms with E-state index in [-0.39, 0.29) is 5.75 Å². The van der Waals surface area contributed by atoms with Crippen molar-refractivity contribution in [3.8, 4) is 0 Å². The number of rotatable bonds is 2. The Labute approximate surface area is 91.9 Å². The molecule has 0 saturated carbocycles. The zero-order valence-corrected chi connectivity index (χ0v) is 9.60. The van der Waals surface area contributed by atoms with Crippen LogP contribution in [0.25, 0.3) is 0 Å². The Hall–Kier alpha value is -1.11. The second-order valence-electron chi connectivity index (χ2n) is 3.34. The van der Waals surface area contributed by atoms with Gasteiger partial charge in [0, 0.05) is 29.2 Å². The Morgan fingerprint density at radius 3 is 2.44 bits per heavy atom. The van der Waals surface area contributed by atoms with Crippen LogP contribution in [-0.4, -0.2) is 22.5 Å². The molecular formula is C9H11F3N2OS. The predicted octanol–water partition coefficient (Wildman–Crippen LogP) is 2.33. The second-order valence-corrected chi connectivity index (χ2v) is 5.91. The Bertz CT molecular complexity index is 473. The summed E-state index contributed by atoms with van der Waals surface area (Å²) in [6, 6.07) is 2.14. The second kappa shape index (κ2) is 4.40. The van der Waals surface area contributed by atoms with Crippen LogP contribution in [0.15, 0.2) is 22.7 Å². The molecule has 0 fully saturated rings. The summed E-state index contributed by atoms with van der Waals surface area (Å²) in [7, 11) is -0.951. The summed E-state index contributed by atoms with van der Waals surface area (Å²) in [6.45, 7) is 0. The van der Waals surface area contributed by atoms with Crippen molar-refractivity contribution < 1.29 is 17.4 Å². The zero-order valence-electron chi connectivity index (χ0n) is 8.78. The van der Waals surface area contributed by atoms with E-state index in [2.05, 4.69) is 9.35 Å². The fourth-order valence-electron chi connectivity index (χ4n) is 1.05. The maximum atomic E-state index is 12.2. The van der Waals surface area contributed by atoms with E-state index in [4.69, 9.17) is 0 Å². The van der Waals surface area contributed by atoms with Crippen LogP contribution in [0.2, 0.25) is 0 Å². The van der Waals surface area contributed by atoms with Crippen molar-refractivity contribution in [2.75, 3.05) is 13.3 Å². The average Bonchev–Trinajstić information content (AvgIpc) is 2.16. The molecule has 0 aliphatic heterocycles. The van der Waals surface area contributed by atoms with Gasteiger partial charge >= 0.3 is 6.18 Å². The molecule has 0 aliphatic carbocycles. The van der Waals surface area contributed by atoms with Gasteiger partial charge in [-0.1, -0.05) is 6.07 Å². The molecule has 1 atom stereocenters. The fraction of sp³-hybridized carbons (Fsp3) is 0.444. The lowest BCUT2D eigenvalue weighted by molar-refractivity contribution is -0.141. The van der Waals surface area contributed by atoms with Gasteiger partial charge in [-0.15, -0.1) is 0 Å². The van der Waals surface area contributed by atoms with Gasteiger partial charge in [-0.3, -0.25) is 4.98 Å². The largest absolute Gasteiger partial charge is 0.433 e. The molecule has 0 bridgehead atoms. The maximum absolute atomic E-state index is 12.2. The summed E-state index contributed by atoms with van der Waals surface area (Å²) in [5.41, 5.74) is -0.474. The van der Waals surface area contributed by atoms with Crippen molar-refractivity contribution in [3.63, 3.8) is 0 Å². The number of hydrogen-bond acceptors (Lipinski definition) is 3. The molecule has 1 unspecified atom stereocenters. The smallest absolute Gasteiger partial charge is 0.251 e. The van der Waals surface area contributed by atoms with Gasteiger partial charge in [0.05, 0.1) is 5.75 Å². The topological polar surface area (TPSA) is 42.3 Å². The summed E-state index contributed by atoms with van der Waals surface area (Å²) in [5, 5.41) is 0. The maximum Gasteiger partial charge on any atom is 0.433 e. The first-order valence-electron chi connectivity index (χ1n) is 4.35. The summed E-state index contributed by atoms with van der Waals surface area (Å²) < 4.78 is 51.8. The fourth-order valence-corrected chi connectivity index (χ4v) is 1.97. The average molecular weight is 252 g/mol. The molecular weight excluding hydrogens is 241 g/mol. The molecule has 0 saturated heterocycles. The Kier molecular flexibility index (Phi) is 3.57. The van der Waals surface area contributed by atoms with Gasteiger partial charge in [-0.05, 0) is 11.6 Å². The Morgan fingerprint density at radius 2 is 2.06 bits per heavy atom. The number of nitrogens with zero attached hydrogens (tertiary/aromatic N) is 2. The van der Waals surface area contributed by atoms with Crippen LogP contribution < -0.4 is 0 Å². The molecule has 0 spiro atoms. The molecule has 1 rings (SSSR count). The molecule has 0 N–H and O–H groups in total. The Morgan fingerprint density at radius 1 is 1.44 bits per heavy atom. The van der Waals surface area contributed by atoms with Crippen LogP contribution in [0, 0.1) is 0 Å². The molecule has 0 radical (unpaired) electrons. The van der Waals surface area contributed by atoms with Crippen LogP contribution in [-0.2, 0) is 21.7 Å². The number of alkyl halides is 3. The van der Waals surface area contributed by atoms with E-state index in [1.54, 1.807) is 0 Å². The van der Waals surface area contributed by atoms with E-state index >= 15 is 0 Å². The highest BCUT2D eigenvalue weighted by Crippen LogP contribution is 2.27. The minimum absolute atomic E-state index is 0.106. The van der Waals surface area contributed by atoms with Gasteiger partial charge in [-0.25, -0.2) is 8.57 Å². The van der Waals surface area contributed by atoms with Gasteiger partial charge in [0.15, 0.2) is 0 Å². The summed E-state index contributed by atoms with van der Waals surface area (Å²) in [6.07, 6.45) is -1.91. The van der Waals surface area contributed by atoms with Crippen molar-refractivity contribution in [3.05, 3.63) is 29.6 Å². The zero-order chi connectivity index (χ0) is 12.4. The highest BCUT2D eigenvalue weighted by atomic mass is 32.2. The third-order valence-electron chi connectivity index (χ3n) is 1.94. The molecule has 0 aromatic carbocycles. The number of aromatic nitrogens is 1. The molecule has 1 aromatic rings. The molecule has 0 aliphatic rings. The SMILES string of the molecule is CN=S(C)(=O)Cc1ccc(C(F)(F)F)nc1. The van der Waals surface area contributed by atoms with Crippen LogP contribution in [0.5, 0.6) is 0 Å². The minimum atomic E-state index is -4.44. The van der Waals surface area contributed by atoms with E-state index in [9.17, 15) is 17.4 Å². The molecule has 90 valence electrons. The van der Waals surface area contributed by atoms with Crippen LogP contribution >= 0.6 is 0 Å². The number of pyridine rings is 1. The molecule has 1 heterocycles. The normalized spacial score (nSPS) is 15.6. The molecule has 0 amide bonds. The van der Waals surface area contributed by atoms with Gasteiger partial charge in [0.25, 0.3) is 0 Å². The van der Waals surface area contributed by atoms with Crippen molar-refractivity contribution >= 4 is 9.73 Å². The first-order chi connectivity index (χ1) is 7.24. The van der Waals surface area contributed by atoms with E-state index in [0.717, 1.165) is 12.3 Å². The monoisotopic (exact) mass is 252 g/mol. The lowest BCUT2D eigenvalue weighted by atomic mass is 10.3. The van der Waals surface area contributed by atoms with Crippen LogP contribution in [0.1, 0.15) is 11.3 Å². The number of halogens is 3. The third kappa shape index (κ3) is 3.48. The van der Waals surface area contributed by atoms with E-state index in [0.29, 0.717) is 5.56 Å². The van der Waals surface area contributed by atoms with E-state index in [1.807, 2.05) is 0 Å². The van der Waals surface area contributed by atoms with E-state index in [1.165, 1.54) is 19.4 Å². The first-order valence-corrected chi connectivity index (χ1v) is 6.44. The van der Waals surface area contributed by atoms with Gasteiger partial charge in [0.2, 0.25) is 0 Å². The van der Waals surface area contributed by atoms with Gasteiger partial charge in [0.1, 0.15) is 5.69 Å².